The number of rotatable bonds is 0. The van der Waals surface area contributed by atoms with Gasteiger partial charge >= 0.3 is 11.9 Å². The van der Waals surface area contributed by atoms with E-state index in [1.165, 1.54) is 9.13 Å². The van der Waals surface area contributed by atoms with Crippen molar-refractivity contribution in [1.29, 1.82) is 10.8 Å². The lowest BCUT2D eigenvalue weighted by atomic mass is 10.6. The van der Waals surface area contributed by atoms with Gasteiger partial charge in [-0.25, -0.2) is 9.13 Å². The highest BCUT2D eigenvalue weighted by atomic mass is 15.1. The van der Waals surface area contributed by atoms with Gasteiger partial charge in [0.15, 0.2) is 0 Å². The normalized spacial score (nSPS) is 9.33. The van der Waals surface area contributed by atoms with Crippen molar-refractivity contribution in [2.24, 2.45) is 11.5 Å². The molecular formula is C6H10N6+2. The van der Waals surface area contributed by atoms with Crippen molar-refractivity contribution >= 4 is 11.9 Å². The summed E-state index contributed by atoms with van der Waals surface area (Å²) in [6.45, 7) is 0. The SMILES string of the molecule is N=C(N)[n+]1cc[n+](C(=N)N)cc1. The number of hydrogen-bond donors (Lipinski definition) is 4. The van der Waals surface area contributed by atoms with Crippen LogP contribution in [0.4, 0.5) is 0 Å². The third-order valence-corrected chi connectivity index (χ3v) is 1.33. The maximum Gasteiger partial charge on any atom is 0.386 e. The van der Waals surface area contributed by atoms with Crippen LogP contribution < -0.4 is 20.6 Å². The highest BCUT2D eigenvalue weighted by Crippen LogP contribution is 1.66. The predicted molar refractivity (Wildman–Crippen MR) is 41.5 cm³/mol. The van der Waals surface area contributed by atoms with Crippen molar-refractivity contribution in [1.82, 2.24) is 0 Å². The van der Waals surface area contributed by atoms with E-state index in [1.807, 2.05) is 0 Å². The van der Waals surface area contributed by atoms with Crippen molar-refractivity contribution in [2.75, 3.05) is 0 Å². The summed E-state index contributed by atoms with van der Waals surface area (Å²) in [7, 11) is 0. The Morgan fingerprint density at radius 3 is 1.25 bits per heavy atom. The van der Waals surface area contributed by atoms with E-state index in [0.29, 0.717) is 0 Å². The van der Waals surface area contributed by atoms with Crippen molar-refractivity contribution in [3.8, 4) is 0 Å². The molecule has 1 aromatic heterocycles. The molecule has 1 aromatic rings. The minimum Gasteiger partial charge on any atom is -0.287 e. The van der Waals surface area contributed by atoms with Gasteiger partial charge in [-0.1, -0.05) is 0 Å². The number of aromatic nitrogens is 2. The first-order chi connectivity index (χ1) is 5.61. The molecule has 6 N–H and O–H groups in total. The Labute approximate surface area is 69.1 Å². The van der Waals surface area contributed by atoms with Crippen LogP contribution in [0.15, 0.2) is 24.8 Å². The van der Waals surface area contributed by atoms with E-state index >= 15 is 0 Å². The smallest absolute Gasteiger partial charge is 0.287 e. The molecule has 62 valence electrons. The lowest BCUT2D eigenvalue weighted by Gasteiger charge is -1.96. The number of nitrogen functional groups attached to an aromatic ring is 2. The quantitative estimate of drug-likeness (QED) is 0.198. The van der Waals surface area contributed by atoms with Crippen LogP contribution in [0.1, 0.15) is 0 Å². The van der Waals surface area contributed by atoms with Gasteiger partial charge in [-0.2, -0.15) is 0 Å². The lowest BCUT2D eigenvalue weighted by molar-refractivity contribution is -0.620. The molecule has 0 spiro atoms. The summed E-state index contributed by atoms with van der Waals surface area (Å²) in [5, 5.41) is 14.1. The predicted octanol–water partition coefficient (Wildman–Crippen LogP) is -2.26. The van der Waals surface area contributed by atoms with Crippen molar-refractivity contribution in [3.63, 3.8) is 0 Å². The summed E-state index contributed by atoms with van der Waals surface area (Å²) >= 11 is 0. The highest BCUT2D eigenvalue weighted by Gasteiger charge is 2.03. The Balaban J connectivity index is 3.01. The maximum atomic E-state index is 7.06. The molecule has 0 aliphatic heterocycles. The highest BCUT2D eigenvalue weighted by molar-refractivity contribution is 5.65. The van der Waals surface area contributed by atoms with E-state index in [4.69, 9.17) is 22.3 Å². The van der Waals surface area contributed by atoms with Gasteiger partial charge < -0.3 is 0 Å². The average molecular weight is 166 g/mol. The van der Waals surface area contributed by atoms with Crippen LogP contribution in [-0.2, 0) is 0 Å². The van der Waals surface area contributed by atoms with Crippen LogP contribution in [0, 0.1) is 10.8 Å². The van der Waals surface area contributed by atoms with Gasteiger partial charge in [-0.05, 0) is 0 Å². The second-order valence-corrected chi connectivity index (χ2v) is 2.18. The summed E-state index contributed by atoms with van der Waals surface area (Å²) in [4.78, 5) is 0. The minimum absolute atomic E-state index is 0.0781. The van der Waals surface area contributed by atoms with Gasteiger partial charge in [-0.3, -0.25) is 11.5 Å². The zero-order chi connectivity index (χ0) is 9.14. The molecule has 1 heterocycles. The first-order valence-electron chi connectivity index (χ1n) is 3.22. The first kappa shape index (κ1) is 8.12. The van der Waals surface area contributed by atoms with Crippen molar-refractivity contribution < 1.29 is 9.13 Å². The largest absolute Gasteiger partial charge is 0.386 e. The Bertz CT molecular complexity index is 280. The molecule has 0 bridgehead atoms. The molecule has 0 saturated heterocycles. The van der Waals surface area contributed by atoms with E-state index in [2.05, 4.69) is 0 Å². The zero-order valence-electron chi connectivity index (χ0n) is 6.36. The second-order valence-electron chi connectivity index (χ2n) is 2.18. The molecule has 0 aliphatic rings. The monoisotopic (exact) mass is 166 g/mol. The summed E-state index contributed by atoms with van der Waals surface area (Å²) in [6, 6.07) is 0. The van der Waals surface area contributed by atoms with Crippen LogP contribution in [0.3, 0.4) is 0 Å². The fourth-order valence-electron chi connectivity index (χ4n) is 0.708. The van der Waals surface area contributed by atoms with Crippen molar-refractivity contribution in [3.05, 3.63) is 24.8 Å². The van der Waals surface area contributed by atoms with Gasteiger partial charge in [0.25, 0.3) is 0 Å². The zero-order valence-corrected chi connectivity index (χ0v) is 6.36. The van der Waals surface area contributed by atoms with E-state index < -0.39 is 0 Å². The Morgan fingerprint density at radius 1 is 0.833 bits per heavy atom. The molecule has 0 radical (unpaired) electrons. The molecule has 6 heteroatoms. The van der Waals surface area contributed by atoms with Gasteiger partial charge in [0.05, 0.1) is 0 Å². The number of nitrogens with one attached hydrogen (secondary N) is 2. The van der Waals surface area contributed by atoms with Gasteiger partial charge in [-0.15, -0.1) is 10.8 Å². The average Bonchev–Trinajstić information content (AvgIpc) is 2.04. The number of nitrogens with zero attached hydrogens (tertiary/aromatic N) is 2. The first-order valence-corrected chi connectivity index (χ1v) is 3.22. The Morgan fingerprint density at radius 2 is 1.08 bits per heavy atom. The van der Waals surface area contributed by atoms with E-state index in [-0.39, 0.29) is 11.9 Å². The fraction of sp³-hybridized carbons (Fsp3) is 0. The van der Waals surface area contributed by atoms with E-state index in [0.717, 1.165) is 0 Å². The van der Waals surface area contributed by atoms with Crippen LogP contribution in [0.5, 0.6) is 0 Å². The summed E-state index contributed by atoms with van der Waals surface area (Å²) in [5.41, 5.74) is 10.4. The van der Waals surface area contributed by atoms with Crippen LogP contribution in [0.25, 0.3) is 0 Å². The van der Waals surface area contributed by atoms with Crippen LogP contribution >= 0.6 is 0 Å². The maximum absolute atomic E-state index is 7.06. The minimum atomic E-state index is -0.0781. The Hall–Kier alpha value is -1.98. The lowest BCUT2D eigenvalue weighted by Crippen LogP contribution is -2.54. The molecule has 0 atom stereocenters. The van der Waals surface area contributed by atoms with Gasteiger partial charge in [0.2, 0.25) is 0 Å². The molecule has 0 saturated carbocycles. The molecule has 6 nitrogen and oxygen atoms in total. The second kappa shape index (κ2) is 2.95. The Kier molecular flexibility index (Phi) is 2.00. The molecule has 0 aliphatic carbocycles. The summed E-state index contributed by atoms with van der Waals surface area (Å²) in [5.74, 6) is -0.156. The third kappa shape index (κ3) is 1.54. The summed E-state index contributed by atoms with van der Waals surface area (Å²) in [6.07, 6.45) is 6.18. The van der Waals surface area contributed by atoms with Gasteiger partial charge in [0.1, 0.15) is 24.8 Å². The summed E-state index contributed by atoms with van der Waals surface area (Å²) < 4.78 is 2.80. The molecule has 0 aromatic carbocycles. The number of nitrogens with two attached hydrogens (primary N) is 2. The number of hydrogen-bond acceptors (Lipinski definition) is 2. The molecular weight excluding hydrogens is 156 g/mol. The molecule has 0 unspecified atom stereocenters. The molecule has 0 fully saturated rings. The fourth-order valence-corrected chi connectivity index (χ4v) is 0.708. The van der Waals surface area contributed by atoms with E-state index in [1.54, 1.807) is 24.8 Å². The third-order valence-electron chi connectivity index (χ3n) is 1.33. The van der Waals surface area contributed by atoms with Gasteiger partial charge in [0, 0.05) is 0 Å². The van der Waals surface area contributed by atoms with E-state index in [9.17, 15) is 0 Å². The topological polar surface area (TPSA) is 108 Å². The molecule has 0 amide bonds. The molecule has 1 rings (SSSR count). The van der Waals surface area contributed by atoms with Crippen molar-refractivity contribution in [2.45, 2.75) is 0 Å². The van der Waals surface area contributed by atoms with Crippen LogP contribution in [-0.4, -0.2) is 11.9 Å². The molecule has 12 heavy (non-hydrogen) atoms. The van der Waals surface area contributed by atoms with Crippen LogP contribution in [0.2, 0.25) is 0 Å². The standard InChI is InChI=1S/C6H10N6/c7-5(8)11-1-2-12(4-3-11)6(9)10/h1-4H,(H3,7,8)(H3,9,10)/q+2.